The summed E-state index contributed by atoms with van der Waals surface area (Å²) in [6.07, 6.45) is 2.39. The first kappa shape index (κ1) is 11.3. The molecule has 3 N–H and O–H groups in total. The Kier molecular flexibility index (Phi) is 2.80. The number of rotatable bonds is 3. The SMILES string of the molecule is Nc1nc(NC2CC2)cc(-c2ccc(Cl)cc2)n1. The van der Waals surface area contributed by atoms with Crippen molar-refractivity contribution < 1.29 is 0 Å². The molecule has 0 radical (unpaired) electrons. The fraction of sp³-hybridized carbons (Fsp3) is 0.231. The molecule has 0 aliphatic heterocycles. The van der Waals surface area contributed by atoms with E-state index < -0.39 is 0 Å². The maximum Gasteiger partial charge on any atom is 0.222 e. The van der Waals surface area contributed by atoms with Gasteiger partial charge in [-0.25, -0.2) is 4.98 Å². The largest absolute Gasteiger partial charge is 0.368 e. The summed E-state index contributed by atoms with van der Waals surface area (Å²) in [7, 11) is 0. The minimum absolute atomic E-state index is 0.283. The highest BCUT2D eigenvalue weighted by atomic mass is 35.5. The number of nitrogens with two attached hydrogens (primary N) is 1. The van der Waals surface area contributed by atoms with E-state index in [9.17, 15) is 0 Å². The lowest BCUT2D eigenvalue weighted by Gasteiger charge is -2.07. The van der Waals surface area contributed by atoms with Crippen molar-refractivity contribution in [2.24, 2.45) is 0 Å². The van der Waals surface area contributed by atoms with Gasteiger partial charge in [-0.1, -0.05) is 23.7 Å². The van der Waals surface area contributed by atoms with E-state index in [1.165, 1.54) is 12.8 Å². The minimum Gasteiger partial charge on any atom is -0.368 e. The molecule has 0 atom stereocenters. The molecule has 0 spiro atoms. The van der Waals surface area contributed by atoms with Crippen molar-refractivity contribution in [3.05, 3.63) is 35.4 Å². The van der Waals surface area contributed by atoms with Crippen LogP contribution in [0, 0.1) is 0 Å². The zero-order valence-corrected chi connectivity index (χ0v) is 10.5. The van der Waals surface area contributed by atoms with Gasteiger partial charge < -0.3 is 11.1 Å². The van der Waals surface area contributed by atoms with Crippen molar-refractivity contribution in [3.63, 3.8) is 0 Å². The van der Waals surface area contributed by atoms with E-state index in [-0.39, 0.29) is 5.95 Å². The quantitative estimate of drug-likeness (QED) is 0.891. The van der Waals surface area contributed by atoms with Gasteiger partial charge in [0.05, 0.1) is 5.69 Å². The number of aromatic nitrogens is 2. The van der Waals surface area contributed by atoms with E-state index in [0.717, 1.165) is 17.1 Å². The fourth-order valence-electron chi connectivity index (χ4n) is 1.75. The Labute approximate surface area is 110 Å². The van der Waals surface area contributed by atoms with Crippen LogP contribution in [-0.4, -0.2) is 16.0 Å². The second-order valence-electron chi connectivity index (χ2n) is 4.42. The predicted octanol–water partition coefficient (Wildman–Crippen LogP) is 2.95. The molecule has 2 aromatic rings. The van der Waals surface area contributed by atoms with Crippen LogP contribution in [0.5, 0.6) is 0 Å². The highest BCUT2D eigenvalue weighted by molar-refractivity contribution is 6.30. The van der Waals surface area contributed by atoms with Gasteiger partial charge in [0, 0.05) is 22.7 Å². The van der Waals surface area contributed by atoms with Crippen molar-refractivity contribution in [1.29, 1.82) is 0 Å². The zero-order valence-electron chi connectivity index (χ0n) is 9.73. The van der Waals surface area contributed by atoms with Gasteiger partial charge in [-0.15, -0.1) is 0 Å². The van der Waals surface area contributed by atoms with Gasteiger partial charge in [0.1, 0.15) is 5.82 Å². The third-order valence-electron chi connectivity index (χ3n) is 2.81. The normalized spacial score (nSPS) is 14.5. The number of anilines is 2. The second-order valence-corrected chi connectivity index (χ2v) is 4.86. The summed E-state index contributed by atoms with van der Waals surface area (Å²) < 4.78 is 0. The van der Waals surface area contributed by atoms with Gasteiger partial charge in [-0.3, -0.25) is 0 Å². The lowest BCUT2D eigenvalue weighted by molar-refractivity contribution is 1.09. The van der Waals surface area contributed by atoms with E-state index in [1.54, 1.807) is 0 Å². The number of nitrogens with zero attached hydrogens (tertiary/aromatic N) is 2. The number of halogens is 1. The molecule has 0 saturated heterocycles. The van der Waals surface area contributed by atoms with Gasteiger partial charge in [-0.05, 0) is 25.0 Å². The summed E-state index contributed by atoms with van der Waals surface area (Å²) in [5.41, 5.74) is 7.52. The molecule has 1 aromatic carbocycles. The molecular weight excluding hydrogens is 248 g/mol. The van der Waals surface area contributed by atoms with E-state index in [1.807, 2.05) is 30.3 Å². The van der Waals surface area contributed by atoms with Crippen LogP contribution in [0.15, 0.2) is 30.3 Å². The third-order valence-corrected chi connectivity index (χ3v) is 3.06. The maximum absolute atomic E-state index is 5.87. The first-order chi connectivity index (χ1) is 8.70. The van der Waals surface area contributed by atoms with Crippen LogP contribution in [0.4, 0.5) is 11.8 Å². The first-order valence-corrected chi connectivity index (χ1v) is 6.25. The number of benzene rings is 1. The lowest BCUT2D eigenvalue weighted by atomic mass is 10.1. The van der Waals surface area contributed by atoms with Crippen molar-refractivity contribution in [3.8, 4) is 11.3 Å². The average molecular weight is 261 g/mol. The molecule has 0 amide bonds. The van der Waals surface area contributed by atoms with Gasteiger partial charge in [0.25, 0.3) is 0 Å². The topological polar surface area (TPSA) is 63.8 Å². The molecule has 5 heteroatoms. The van der Waals surface area contributed by atoms with Crippen LogP contribution in [0.1, 0.15) is 12.8 Å². The number of nitrogen functional groups attached to an aromatic ring is 1. The molecule has 1 fully saturated rings. The highest BCUT2D eigenvalue weighted by Gasteiger charge is 2.21. The molecule has 92 valence electrons. The Hall–Kier alpha value is -1.81. The molecule has 0 unspecified atom stereocenters. The Morgan fingerprint density at radius 2 is 1.89 bits per heavy atom. The fourth-order valence-corrected chi connectivity index (χ4v) is 1.87. The molecule has 1 saturated carbocycles. The van der Waals surface area contributed by atoms with Crippen LogP contribution in [-0.2, 0) is 0 Å². The van der Waals surface area contributed by atoms with Crippen molar-refractivity contribution in [2.75, 3.05) is 11.1 Å². The molecule has 4 nitrogen and oxygen atoms in total. The minimum atomic E-state index is 0.283. The Bertz CT molecular complexity index is 564. The van der Waals surface area contributed by atoms with E-state index in [2.05, 4.69) is 15.3 Å². The van der Waals surface area contributed by atoms with Gasteiger partial charge in [0.15, 0.2) is 0 Å². The first-order valence-electron chi connectivity index (χ1n) is 5.88. The Balaban J connectivity index is 1.94. The predicted molar refractivity (Wildman–Crippen MR) is 73.5 cm³/mol. The standard InChI is InChI=1S/C13H13ClN4/c14-9-3-1-8(2-4-9)11-7-12(16-10-5-6-10)18-13(15)17-11/h1-4,7,10H,5-6H2,(H3,15,16,17,18). The Morgan fingerprint density at radius 3 is 2.56 bits per heavy atom. The molecule has 1 aliphatic carbocycles. The van der Waals surface area contributed by atoms with Crippen molar-refractivity contribution in [1.82, 2.24) is 9.97 Å². The molecule has 3 rings (SSSR count). The second kappa shape index (κ2) is 4.46. The number of hydrogen-bond acceptors (Lipinski definition) is 4. The van der Waals surface area contributed by atoms with Crippen molar-refractivity contribution >= 4 is 23.4 Å². The van der Waals surface area contributed by atoms with Crippen LogP contribution < -0.4 is 11.1 Å². The summed E-state index contributed by atoms with van der Waals surface area (Å²) in [6, 6.07) is 9.97. The van der Waals surface area contributed by atoms with Gasteiger partial charge in [0.2, 0.25) is 5.95 Å². The van der Waals surface area contributed by atoms with Gasteiger partial charge in [-0.2, -0.15) is 4.98 Å². The average Bonchev–Trinajstić information content (AvgIpc) is 3.13. The summed E-state index contributed by atoms with van der Waals surface area (Å²) >= 11 is 5.87. The summed E-state index contributed by atoms with van der Waals surface area (Å²) in [4.78, 5) is 8.43. The molecular formula is C13H13ClN4. The molecule has 1 heterocycles. The van der Waals surface area contributed by atoms with Crippen molar-refractivity contribution in [2.45, 2.75) is 18.9 Å². The Morgan fingerprint density at radius 1 is 1.17 bits per heavy atom. The molecule has 1 aliphatic rings. The lowest BCUT2D eigenvalue weighted by Crippen LogP contribution is -2.06. The highest BCUT2D eigenvalue weighted by Crippen LogP contribution is 2.27. The van der Waals surface area contributed by atoms with Crippen LogP contribution in [0.25, 0.3) is 11.3 Å². The third kappa shape index (κ3) is 2.54. The van der Waals surface area contributed by atoms with E-state index in [0.29, 0.717) is 11.1 Å². The number of nitrogens with one attached hydrogen (secondary N) is 1. The molecule has 18 heavy (non-hydrogen) atoms. The monoisotopic (exact) mass is 260 g/mol. The zero-order chi connectivity index (χ0) is 12.5. The number of hydrogen-bond donors (Lipinski definition) is 2. The molecule has 1 aromatic heterocycles. The summed E-state index contributed by atoms with van der Waals surface area (Å²) in [5, 5.41) is 4.03. The van der Waals surface area contributed by atoms with Crippen LogP contribution in [0.2, 0.25) is 5.02 Å². The van der Waals surface area contributed by atoms with Gasteiger partial charge >= 0.3 is 0 Å². The summed E-state index contributed by atoms with van der Waals surface area (Å²) in [6.45, 7) is 0. The van der Waals surface area contributed by atoms with Crippen LogP contribution in [0.3, 0.4) is 0 Å². The van der Waals surface area contributed by atoms with Crippen LogP contribution >= 0.6 is 11.6 Å². The maximum atomic E-state index is 5.87. The smallest absolute Gasteiger partial charge is 0.222 e. The van der Waals surface area contributed by atoms with E-state index >= 15 is 0 Å². The van der Waals surface area contributed by atoms with E-state index in [4.69, 9.17) is 17.3 Å². The molecule has 0 bridgehead atoms. The summed E-state index contributed by atoms with van der Waals surface area (Å²) in [5.74, 6) is 1.07.